The predicted octanol–water partition coefficient (Wildman–Crippen LogP) is 4.72. The minimum absolute atomic E-state index is 0.0223. The molecule has 0 amide bonds. The lowest BCUT2D eigenvalue weighted by atomic mass is 10.1. The molecular formula is C15H15Cl2NO2S. The van der Waals surface area contributed by atoms with E-state index in [1.54, 1.807) is 12.1 Å². The van der Waals surface area contributed by atoms with Crippen LogP contribution in [0.25, 0.3) is 0 Å². The minimum Gasteiger partial charge on any atom is -0.279 e. The molecule has 1 N–H and O–H groups in total. The van der Waals surface area contributed by atoms with Crippen LogP contribution in [0.1, 0.15) is 16.7 Å². The summed E-state index contributed by atoms with van der Waals surface area (Å²) in [6, 6.07) is 8.37. The van der Waals surface area contributed by atoms with E-state index in [0.29, 0.717) is 5.69 Å². The number of nitrogens with one attached hydrogen (secondary N) is 1. The number of hydrogen-bond acceptors (Lipinski definition) is 2. The number of rotatable bonds is 3. The molecular weight excluding hydrogens is 329 g/mol. The molecule has 2 aromatic carbocycles. The van der Waals surface area contributed by atoms with Crippen LogP contribution in [-0.4, -0.2) is 8.42 Å². The monoisotopic (exact) mass is 343 g/mol. The standard InChI is InChI=1S/C15H15Cl2NO2S/c1-9-7-10(2)15(11(3)8-9)18-21(19,20)13-6-4-5-12(16)14(13)17/h4-8,18H,1-3H3. The number of anilines is 1. The van der Waals surface area contributed by atoms with Crippen LogP contribution < -0.4 is 4.72 Å². The van der Waals surface area contributed by atoms with Gasteiger partial charge in [0.25, 0.3) is 10.0 Å². The highest BCUT2D eigenvalue weighted by Gasteiger charge is 2.21. The Labute approximate surface area is 135 Å². The Morgan fingerprint density at radius 3 is 2.14 bits per heavy atom. The maximum Gasteiger partial charge on any atom is 0.263 e. The third-order valence-electron chi connectivity index (χ3n) is 3.12. The van der Waals surface area contributed by atoms with E-state index in [-0.39, 0.29) is 14.9 Å². The Morgan fingerprint density at radius 1 is 1.00 bits per heavy atom. The fourth-order valence-electron chi connectivity index (χ4n) is 2.22. The average Bonchev–Trinajstić information content (AvgIpc) is 2.37. The van der Waals surface area contributed by atoms with Crippen molar-refractivity contribution in [3.63, 3.8) is 0 Å². The Bertz CT molecular complexity index is 778. The minimum atomic E-state index is -3.79. The number of halogens is 2. The number of aryl methyl sites for hydroxylation is 3. The summed E-state index contributed by atoms with van der Waals surface area (Å²) in [7, 11) is -3.79. The molecule has 0 saturated carbocycles. The molecule has 0 aliphatic carbocycles. The summed E-state index contributed by atoms with van der Waals surface area (Å²) in [6.07, 6.45) is 0. The van der Waals surface area contributed by atoms with Gasteiger partial charge in [0.2, 0.25) is 0 Å². The van der Waals surface area contributed by atoms with E-state index in [2.05, 4.69) is 4.72 Å². The molecule has 112 valence electrons. The van der Waals surface area contributed by atoms with E-state index in [1.165, 1.54) is 6.07 Å². The van der Waals surface area contributed by atoms with Gasteiger partial charge in [-0.15, -0.1) is 0 Å². The average molecular weight is 344 g/mol. The first-order chi connectivity index (χ1) is 9.72. The van der Waals surface area contributed by atoms with Crippen molar-refractivity contribution in [2.24, 2.45) is 0 Å². The topological polar surface area (TPSA) is 46.2 Å². The van der Waals surface area contributed by atoms with Crippen LogP contribution in [0.15, 0.2) is 35.2 Å². The van der Waals surface area contributed by atoms with Gasteiger partial charge in [0.1, 0.15) is 4.90 Å². The van der Waals surface area contributed by atoms with Gasteiger partial charge in [-0.1, -0.05) is 47.0 Å². The van der Waals surface area contributed by atoms with Crippen molar-refractivity contribution in [2.45, 2.75) is 25.7 Å². The molecule has 21 heavy (non-hydrogen) atoms. The second kappa shape index (κ2) is 5.87. The molecule has 2 rings (SSSR count). The van der Waals surface area contributed by atoms with E-state index >= 15 is 0 Å². The molecule has 0 aliphatic rings. The summed E-state index contributed by atoms with van der Waals surface area (Å²) in [5.74, 6) is 0. The van der Waals surface area contributed by atoms with Crippen LogP contribution in [0.3, 0.4) is 0 Å². The molecule has 0 aromatic heterocycles. The molecule has 0 atom stereocenters. The number of benzene rings is 2. The molecule has 0 unspecified atom stereocenters. The SMILES string of the molecule is Cc1cc(C)c(NS(=O)(=O)c2cccc(Cl)c2Cl)c(C)c1. The molecule has 0 radical (unpaired) electrons. The van der Waals surface area contributed by atoms with Crippen LogP contribution in [0, 0.1) is 20.8 Å². The lowest BCUT2D eigenvalue weighted by Gasteiger charge is -2.15. The van der Waals surface area contributed by atoms with Gasteiger partial charge in [-0.25, -0.2) is 8.42 Å². The van der Waals surface area contributed by atoms with Crippen molar-refractivity contribution in [3.8, 4) is 0 Å². The van der Waals surface area contributed by atoms with Crippen molar-refractivity contribution >= 4 is 38.9 Å². The first-order valence-electron chi connectivity index (χ1n) is 6.27. The molecule has 3 nitrogen and oxygen atoms in total. The zero-order valence-electron chi connectivity index (χ0n) is 11.9. The van der Waals surface area contributed by atoms with E-state index in [0.717, 1.165) is 16.7 Å². The summed E-state index contributed by atoms with van der Waals surface area (Å²) in [6.45, 7) is 5.68. The highest BCUT2D eigenvalue weighted by molar-refractivity contribution is 7.92. The maximum absolute atomic E-state index is 12.5. The van der Waals surface area contributed by atoms with Gasteiger partial charge in [0, 0.05) is 0 Å². The van der Waals surface area contributed by atoms with Gasteiger partial charge >= 0.3 is 0 Å². The van der Waals surface area contributed by atoms with Crippen LogP contribution in [0.2, 0.25) is 10.0 Å². The normalized spacial score (nSPS) is 11.5. The van der Waals surface area contributed by atoms with E-state index in [4.69, 9.17) is 23.2 Å². The Morgan fingerprint density at radius 2 is 1.57 bits per heavy atom. The Balaban J connectivity index is 2.50. The van der Waals surface area contributed by atoms with Gasteiger partial charge in [-0.2, -0.15) is 0 Å². The van der Waals surface area contributed by atoms with Crippen molar-refractivity contribution in [3.05, 3.63) is 57.1 Å². The zero-order chi connectivity index (χ0) is 15.8. The number of hydrogen-bond donors (Lipinski definition) is 1. The summed E-state index contributed by atoms with van der Waals surface area (Å²) >= 11 is 11.9. The van der Waals surface area contributed by atoms with Crippen LogP contribution in [0.5, 0.6) is 0 Å². The lowest BCUT2D eigenvalue weighted by Crippen LogP contribution is -2.15. The van der Waals surface area contributed by atoms with Gasteiger partial charge in [-0.05, 0) is 44.0 Å². The molecule has 0 saturated heterocycles. The summed E-state index contributed by atoms with van der Waals surface area (Å²) < 4.78 is 27.6. The van der Waals surface area contributed by atoms with Gasteiger partial charge in [0.05, 0.1) is 15.7 Å². The number of sulfonamides is 1. The quantitative estimate of drug-likeness (QED) is 0.876. The molecule has 0 spiro atoms. The van der Waals surface area contributed by atoms with Gasteiger partial charge in [-0.3, -0.25) is 4.72 Å². The molecule has 0 fully saturated rings. The predicted molar refractivity (Wildman–Crippen MR) is 87.9 cm³/mol. The smallest absolute Gasteiger partial charge is 0.263 e. The summed E-state index contributed by atoms with van der Waals surface area (Å²) in [4.78, 5) is -0.0314. The second-order valence-electron chi connectivity index (χ2n) is 4.93. The largest absolute Gasteiger partial charge is 0.279 e. The van der Waals surface area contributed by atoms with Gasteiger partial charge < -0.3 is 0 Å². The van der Waals surface area contributed by atoms with Crippen molar-refractivity contribution < 1.29 is 8.42 Å². The van der Waals surface area contributed by atoms with Crippen molar-refractivity contribution in [1.29, 1.82) is 0 Å². The highest BCUT2D eigenvalue weighted by atomic mass is 35.5. The van der Waals surface area contributed by atoms with E-state index < -0.39 is 10.0 Å². The fraction of sp³-hybridized carbons (Fsp3) is 0.200. The maximum atomic E-state index is 12.5. The fourth-order valence-corrected chi connectivity index (χ4v) is 4.19. The first-order valence-corrected chi connectivity index (χ1v) is 8.51. The van der Waals surface area contributed by atoms with Crippen molar-refractivity contribution in [2.75, 3.05) is 4.72 Å². The van der Waals surface area contributed by atoms with Crippen LogP contribution >= 0.6 is 23.2 Å². The third-order valence-corrected chi connectivity index (χ3v) is 5.44. The molecule has 0 bridgehead atoms. The first kappa shape index (κ1) is 16.1. The lowest BCUT2D eigenvalue weighted by molar-refractivity contribution is 0.601. The molecule has 2 aromatic rings. The zero-order valence-corrected chi connectivity index (χ0v) is 14.2. The summed E-state index contributed by atoms with van der Waals surface area (Å²) in [5, 5.41) is 0.228. The second-order valence-corrected chi connectivity index (χ2v) is 7.37. The van der Waals surface area contributed by atoms with Crippen LogP contribution in [-0.2, 0) is 10.0 Å². The highest BCUT2D eigenvalue weighted by Crippen LogP contribution is 2.31. The molecule has 0 heterocycles. The van der Waals surface area contributed by atoms with Gasteiger partial charge in [0.15, 0.2) is 0 Å². The van der Waals surface area contributed by atoms with E-state index in [1.807, 2.05) is 32.9 Å². The molecule has 0 aliphatic heterocycles. The Hall–Kier alpha value is -1.23. The summed E-state index contributed by atoms with van der Waals surface area (Å²) in [5.41, 5.74) is 3.36. The molecule has 6 heteroatoms. The van der Waals surface area contributed by atoms with Crippen LogP contribution in [0.4, 0.5) is 5.69 Å². The van der Waals surface area contributed by atoms with E-state index in [9.17, 15) is 8.42 Å². The van der Waals surface area contributed by atoms with Crippen molar-refractivity contribution in [1.82, 2.24) is 0 Å². The Kier molecular flexibility index (Phi) is 4.51. The third kappa shape index (κ3) is 3.34.